The van der Waals surface area contributed by atoms with Crippen molar-refractivity contribution in [1.82, 2.24) is 5.32 Å². The van der Waals surface area contributed by atoms with E-state index in [1.165, 1.54) is 0 Å². The number of anilines is 1. The van der Waals surface area contributed by atoms with Gasteiger partial charge in [0.2, 0.25) is 0 Å². The zero-order chi connectivity index (χ0) is 22.8. The Hall–Kier alpha value is -3.06. The lowest BCUT2D eigenvalue weighted by molar-refractivity contribution is -0.140. The van der Waals surface area contributed by atoms with Crippen LogP contribution in [0.4, 0.5) is 5.69 Å². The molecule has 7 nitrogen and oxygen atoms in total. The summed E-state index contributed by atoms with van der Waals surface area (Å²) >= 11 is 0. The largest absolute Gasteiger partial charge is 0.490 e. The van der Waals surface area contributed by atoms with Crippen LogP contribution in [-0.4, -0.2) is 36.2 Å². The lowest BCUT2D eigenvalue weighted by Crippen LogP contribution is -2.37. The maximum Gasteiger partial charge on any atom is 0.320 e. The summed E-state index contributed by atoms with van der Waals surface area (Å²) in [4.78, 5) is 23.6. The average Bonchev–Trinajstić information content (AvgIpc) is 2.72. The number of carboxylic acids is 1. The highest BCUT2D eigenvalue weighted by atomic mass is 16.5. The van der Waals surface area contributed by atoms with Crippen molar-refractivity contribution in [3.63, 3.8) is 0 Å². The number of carbonyl (C=O) groups is 2. The number of nitrogens with one attached hydrogen (secondary N) is 2. The molecule has 1 amide bonds. The third-order valence-electron chi connectivity index (χ3n) is 4.56. The summed E-state index contributed by atoms with van der Waals surface area (Å²) in [5, 5.41) is 15.2. The van der Waals surface area contributed by atoms with E-state index >= 15 is 0 Å². The second-order valence-electron chi connectivity index (χ2n) is 7.82. The molecule has 0 heterocycles. The smallest absolute Gasteiger partial charge is 0.320 e. The molecule has 1 unspecified atom stereocenters. The minimum atomic E-state index is -0.863. The number of hydrogen-bond donors (Lipinski definition) is 3. The molecule has 31 heavy (non-hydrogen) atoms. The van der Waals surface area contributed by atoms with Crippen LogP contribution in [0.1, 0.15) is 38.3 Å². The fourth-order valence-electron chi connectivity index (χ4n) is 3.01. The maximum absolute atomic E-state index is 12.2. The summed E-state index contributed by atoms with van der Waals surface area (Å²) in [5.41, 5.74) is 2.69. The molecular weight excluding hydrogens is 396 g/mol. The third kappa shape index (κ3) is 8.30. The molecule has 3 N–H and O–H groups in total. The van der Waals surface area contributed by atoms with Crippen molar-refractivity contribution in [3.05, 3.63) is 53.6 Å². The molecule has 0 spiro atoms. The van der Waals surface area contributed by atoms with E-state index in [0.29, 0.717) is 36.8 Å². The number of aliphatic carboxylic acids is 1. The highest BCUT2D eigenvalue weighted by Crippen LogP contribution is 2.28. The van der Waals surface area contributed by atoms with E-state index in [0.717, 1.165) is 11.1 Å². The normalized spacial score (nSPS) is 11.8. The van der Waals surface area contributed by atoms with Crippen molar-refractivity contribution in [2.24, 2.45) is 5.92 Å². The lowest BCUT2D eigenvalue weighted by Gasteiger charge is -2.17. The van der Waals surface area contributed by atoms with Gasteiger partial charge in [-0.05, 0) is 56.0 Å². The van der Waals surface area contributed by atoms with Crippen LogP contribution in [0.25, 0.3) is 0 Å². The van der Waals surface area contributed by atoms with Gasteiger partial charge in [0.05, 0.1) is 6.61 Å². The predicted molar refractivity (Wildman–Crippen MR) is 121 cm³/mol. The van der Waals surface area contributed by atoms with Gasteiger partial charge >= 0.3 is 5.97 Å². The van der Waals surface area contributed by atoms with Crippen LogP contribution in [0.2, 0.25) is 0 Å². The molecule has 0 aliphatic carbocycles. The number of hydrogen-bond acceptors (Lipinski definition) is 5. The van der Waals surface area contributed by atoms with Crippen LogP contribution in [0.5, 0.6) is 11.5 Å². The molecule has 0 fully saturated rings. The van der Waals surface area contributed by atoms with Gasteiger partial charge in [-0.2, -0.15) is 0 Å². The number of rotatable bonds is 12. The number of carboxylic acid groups (broad SMARTS) is 1. The minimum Gasteiger partial charge on any atom is -0.490 e. The lowest BCUT2D eigenvalue weighted by atomic mass is 10.0. The Labute approximate surface area is 183 Å². The predicted octanol–water partition coefficient (Wildman–Crippen LogP) is 4.00. The van der Waals surface area contributed by atoms with Gasteiger partial charge in [-0.15, -0.1) is 0 Å². The van der Waals surface area contributed by atoms with Gasteiger partial charge in [-0.25, -0.2) is 0 Å². The Morgan fingerprint density at radius 2 is 1.74 bits per heavy atom. The Morgan fingerprint density at radius 3 is 2.35 bits per heavy atom. The molecule has 2 rings (SSSR count). The summed E-state index contributed by atoms with van der Waals surface area (Å²) in [6, 6.07) is 12.3. The second-order valence-corrected chi connectivity index (χ2v) is 7.82. The molecule has 1 atom stereocenters. The first-order valence-corrected chi connectivity index (χ1v) is 10.5. The van der Waals surface area contributed by atoms with Crippen molar-refractivity contribution in [1.29, 1.82) is 0 Å². The van der Waals surface area contributed by atoms with E-state index in [1.807, 2.05) is 58.0 Å². The molecule has 2 aromatic rings. The Bertz CT molecular complexity index is 865. The van der Waals surface area contributed by atoms with Crippen molar-refractivity contribution in [3.8, 4) is 11.5 Å². The van der Waals surface area contributed by atoms with E-state index < -0.39 is 12.0 Å². The molecule has 0 bridgehead atoms. The topological polar surface area (TPSA) is 96.9 Å². The van der Waals surface area contributed by atoms with E-state index in [9.17, 15) is 14.7 Å². The van der Waals surface area contributed by atoms with Gasteiger partial charge in [0.15, 0.2) is 18.1 Å². The van der Waals surface area contributed by atoms with Gasteiger partial charge in [-0.3, -0.25) is 9.59 Å². The van der Waals surface area contributed by atoms with Crippen molar-refractivity contribution >= 4 is 17.6 Å². The Balaban J connectivity index is 1.98. The Morgan fingerprint density at radius 1 is 1.03 bits per heavy atom. The molecule has 0 aromatic heterocycles. The molecule has 0 aliphatic heterocycles. The molecule has 2 aromatic carbocycles. The SMILES string of the molecule is CCOc1cc(CNC(CC(C)C)C(=O)O)ccc1OCC(=O)Nc1ccc(C)cc1. The van der Waals surface area contributed by atoms with Crippen LogP contribution >= 0.6 is 0 Å². The van der Waals surface area contributed by atoms with Gasteiger partial charge in [0, 0.05) is 12.2 Å². The first kappa shape index (κ1) is 24.2. The summed E-state index contributed by atoms with van der Waals surface area (Å²) < 4.78 is 11.3. The van der Waals surface area contributed by atoms with Crippen LogP contribution in [-0.2, 0) is 16.1 Å². The molecule has 7 heteroatoms. The minimum absolute atomic E-state index is 0.152. The summed E-state index contributed by atoms with van der Waals surface area (Å²) in [5.74, 6) is 0.116. The summed E-state index contributed by atoms with van der Waals surface area (Å²) in [7, 11) is 0. The van der Waals surface area contributed by atoms with Gasteiger partial charge in [0.1, 0.15) is 6.04 Å². The molecule has 0 saturated heterocycles. The molecule has 0 aliphatic rings. The van der Waals surface area contributed by atoms with Crippen molar-refractivity contribution in [2.75, 3.05) is 18.5 Å². The zero-order valence-corrected chi connectivity index (χ0v) is 18.6. The van der Waals surface area contributed by atoms with E-state index in [1.54, 1.807) is 12.1 Å². The standard InChI is InChI=1S/C24H32N2O5/c1-5-30-22-13-18(14-25-20(24(28)29)12-16(2)3)8-11-21(22)31-15-23(27)26-19-9-6-17(4)7-10-19/h6-11,13,16,20,25H,5,12,14-15H2,1-4H3,(H,26,27)(H,28,29). The fraction of sp³-hybridized carbons (Fsp3) is 0.417. The number of carbonyl (C=O) groups excluding carboxylic acids is 1. The van der Waals surface area contributed by atoms with Crippen molar-refractivity contribution < 1.29 is 24.2 Å². The highest BCUT2D eigenvalue weighted by Gasteiger charge is 2.18. The average molecular weight is 429 g/mol. The third-order valence-corrected chi connectivity index (χ3v) is 4.56. The van der Waals surface area contributed by atoms with Crippen LogP contribution < -0.4 is 20.1 Å². The van der Waals surface area contributed by atoms with Crippen LogP contribution in [0.15, 0.2) is 42.5 Å². The Kier molecular flexibility index (Phi) is 9.34. The van der Waals surface area contributed by atoms with Crippen molar-refractivity contribution in [2.45, 2.75) is 46.7 Å². The number of aryl methyl sites for hydroxylation is 1. The first-order chi connectivity index (χ1) is 14.8. The van der Waals surface area contributed by atoms with Crippen LogP contribution in [0, 0.1) is 12.8 Å². The van der Waals surface area contributed by atoms with E-state index in [2.05, 4.69) is 10.6 Å². The maximum atomic E-state index is 12.2. The number of benzene rings is 2. The second kappa shape index (κ2) is 12.0. The first-order valence-electron chi connectivity index (χ1n) is 10.5. The molecular formula is C24H32N2O5. The molecule has 0 radical (unpaired) electrons. The molecule has 168 valence electrons. The van der Waals surface area contributed by atoms with E-state index in [4.69, 9.17) is 9.47 Å². The number of amides is 1. The van der Waals surface area contributed by atoms with E-state index in [-0.39, 0.29) is 18.4 Å². The molecule has 0 saturated carbocycles. The number of ether oxygens (including phenoxy) is 2. The van der Waals surface area contributed by atoms with Crippen LogP contribution in [0.3, 0.4) is 0 Å². The quantitative estimate of drug-likeness (QED) is 0.473. The summed E-state index contributed by atoms with van der Waals surface area (Å²) in [6.45, 7) is 8.50. The fourth-order valence-corrected chi connectivity index (χ4v) is 3.01. The zero-order valence-electron chi connectivity index (χ0n) is 18.6. The van der Waals surface area contributed by atoms with Gasteiger partial charge < -0.3 is 25.2 Å². The summed E-state index contributed by atoms with van der Waals surface area (Å²) in [6.07, 6.45) is 0.547. The van der Waals surface area contributed by atoms with Gasteiger partial charge in [-0.1, -0.05) is 37.6 Å². The monoisotopic (exact) mass is 428 g/mol. The highest BCUT2D eigenvalue weighted by molar-refractivity contribution is 5.91. The van der Waals surface area contributed by atoms with Gasteiger partial charge in [0.25, 0.3) is 5.91 Å².